The van der Waals surface area contributed by atoms with Gasteiger partial charge in [0.25, 0.3) is 0 Å². The van der Waals surface area contributed by atoms with Crippen molar-refractivity contribution in [3.05, 3.63) is 23.8 Å². The molecule has 72 valence electrons. The van der Waals surface area contributed by atoms with Crippen LogP contribution in [0.3, 0.4) is 0 Å². The minimum Gasteiger partial charge on any atom is -0.506 e. The summed E-state index contributed by atoms with van der Waals surface area (Å²) in [6, 6.07) is 4.86. The third-order valence-corrected chi connectivity index (χ3v) is 2.25. The molecule has 0 saturated carbocycles. The summed E-state index contributed by atoms with van der Waals surface area (Å²) in [5.41, 5.74) is 6.35. The van der Waals surface area contributed by atoms with E-state index in [-0.39, 0.29) is 18.4 Å². The Hall–Kier alpha value is -0.710. The van der Waals surface area contributed by atoms with Crippen LogP contribution < -0.4 is 5.73 Å². The molecular formula is C9H13NO2S. The molecule has 0 aliphatic rings. The monoisotopic (exact) mass is 199 g/mol. The quantitative estimate of drug-likeness (QED) is 0.550. The second-order valence-electron chi connectivity index (χ2n) is 2.83. The van der Waals surface area contributed by atoms with Crippen LogP contribution in [0.2, 0.25) is 0 Å². The molecule has 4 N–H and O–H groups in total. The Morgan fingerprint density at radius 2 is 2.15 bits per heavy atom. The Labute approximate surface area is 82.6 Å². The first-order valence-corrected chi connectivity index (χ1v) is 4.48. The van der Waals surface area contributed by atoms with Crippen LogP contribution in [-0.4, -0.2) is 16.8 Å². The predicted molar refractivity (Wildman–Crippen MR) is 54.0 cm³/mol. The number of aromatic hydroxyl groups is 1. The molecule has 0 bridgehead atoms. The van der Waals surface area contributed by atoms with Crippen molar-refractivity contribution < 1.29 is 10.2 Å². The molecule has 0 saturated heterocycles. The van der Waals surface area contributed by atoms with Gasteiger partial charge in [0, 0.05) is 23.1 Å². The Balaban J connectivity index is 2.93. The highest BCUT2D eigenvalue weighted by atomic mass is 32.1. The first-order valence-electron chi connectivity index (χ1n) is 4.04. The van der Waals surface area contributed by atoms with Crippen molar-refractivity contribution >= 4 is 12.6 Å². The van der Waals surface area contributed by atoms with Crippen LogP contribution >= 0.6 is 12.6 Å². The number of nitrogens with two attached hydrogens (primary N) is 1. The lowest BCUT2D eigenvalue weighted by Crippen LogP contribution is -2.12. The standard InChI is InChI=1S/C9H13NO2S/c10-7(4-5-11)6-2-1-3-8(13)9(6)12/h1-3,7,11-13H,4-5,10H2. The number of hydrogen-bond acceptors (Lipinski definition) is 4. The Morgan fingerprint density at radius 3 is 2.77 bits per heavy atom. The minimum atomic E-state index is -0.336. The van der Waals surface area contributed by atoms with E-state index in [2.05, 4.69) is 12.6 Å². The zero-order valence-corrected chi connectivity index (χ0v) is 8.04. The lowest BCUT2D eigenvalue weighted by Gasteiger charge is -2.12. The summed E-state index contributed by atoms with van der Waals surface area (Å²) >= 11 is 4.06. The van der Waals surface area contributed by atoms with Crippen molar-refractivity contribution in [3.63, 3.8) is 0 Å². The Bertz CT molecular complexity index is 291. The minimum absolute atomic E-state index is 0.0113. The normalized spacial score (nSPS) is 12.8. The van der Waals surface area contributed by atoms with Crippen molar-refractivity contribution in [3.8, 4) is 5.75 Å². The maximum atomic E-state index is 9.56. The lowest BCUT2D eigenvalue weighted by molar-refractivity contribution is 0.275. The van der Waals surface area contributed by atoms with E-state index in [1.807, 2.05) is 0 Å². The summed E-state index contributed by atoms with van der Waals surface area (Å²) < 4.78 is 0. The smallest absolute Gasteiger partial charge is 0.133 e. The fraction of sp³-hybridized carbons (Fsp3) is 0.333. The van der Waals surface area contributed by atoms with Gasteiger partial charge in [-0.3, -0.25) is 0 Å². The molecule has 13 heavy (non-hydrogen) atoms. The Kier molecular flexibility index (Phi) is 3.59. The summed E-state index contributed by atoms with van der Waals surface area (Å²) in [6.45, 7) is 0.0113. The van der Waals surface area contributed by atoms with Crippen LogP contribution in [0.25, 0.3) is 0 Å². The topological polar surface area (TPSA) is 66.5 Å². The van der Waals surface area contributed by atoms with Crippen LogP contribution in [0.4, 0.5) is 0 Å². The second kappa shape index (κ2) is 4.50. The Morgan fingerprint density at radius 1 is 1.46 bits per heavy atom. The molecule has 0 aliphatic carbocycles. The number of phenols is 1. The van der Waals surface area contributed by atoms with Crippen LogP contribution in [0.15, 0.2) is 23.1 Å². The molecule has 4 heteroatoms. The zero-order chi connectivity index (χ0) is 9.84. The maximum Gasteiger partial charge on any atom is 0.133 e. The van der Waals surface area contributed by atoms with Crippen molar-refractivity contribution in [2.24, 2.45) is 5.73 Å². The zero-order valence-electron chi connectivity index (χ0n) is 7.14. The molecule has 1 aromatic carbocycles. The molecule has 1 rings (SSSR count). The van der Waals surface area contributed by atoms with E-state index in [0.717, 1.165) is 0 Å². The predicted octanol–water partition coefficient (Wildman–Crippen LogP) is 1.06. The number of benzene rings is 1. The molecule has 0 aliphatic heterocycles. The SMILES string of the molecule is NC(CCO)c1cccc(S)c1O. The second-order valence-corrected chi connectivity index (χ2v) is 3.32. The van der Waals surface area contributed by atoms with Gasteiger partial charge in [0.2, 0.25) is 0 Å². The van der Waals surface area contributed by atoms with Gasteiger partial charge in [-0.1, -0.05) is 12.1 Å². The van der Waals surface area contributed by atoms with E-state index in [1.54, 1.807) is 18.2 Å². The van der Waals surface area contributed by atoms with Crippen LogP contribution in [-0.2, 0) is 0 Å². The number of phenolic OH excluding ortho intramolecular Hbond substituents is 1. The number of para-hydroxylation sites is 1. The molecule has 0 radical (unpaired) electrons. The molecule has 1 atom stereocenters. The first kappa shape index (κ1) is 10.4. The average Bonchev–Trinajstić information content (AvgIpc) is 2.10. The van der Waals surface area contributed by atoms with Crippen molar-refractivity contribution in [1.82, 2.24) is 0 Å². The number of aliphatic hydroxyl groups is 1. The lowest BCUT2D eigenvalue weighted by atomic mass is 10.0. The molecule has 3 nitrogen and oxygen atoms in total. The summed E-state index contributed by atoms with van der Waals surface area (Å²) in [5, 5.41) is 18.2. The highest BCUT2D eigenvalue weighted by Gasteiger charge is 2.11. The highest BCUT2D eigenvalue weighted by molar-refractivity contribution is 7.80. The van der Waals surface area contributed by atoms with Crippen molar-refractivity contribution in [2.75, 3.05) is 6.61 Å². The molecule has 1 aromatic rings. The van der Waals surface area contributed by atoms with Gasteiger partial charge in [0.15, 0.2) is 0 Å². The average molecular weight is 199 g/mol. The highest BCUT2D eigenvalue weighted by Crippen LogP contribution is 2.30. The van der Waals surface area contributed by atoms with Gasteiger partial charge in [-0.05, 0) is 12.5 Å². The molecular weight excluding hydrogens is 186 g/mol. The largest absolute Gasteiger partial charge is 0.506 e. The van der Waals surface area contributed by atoms with Gasteiger partial charge < -0.3 is 15.9 Å². The van der Waals surface area contributed by atoms with E-state index in [1.165, 1.54) is 0 Å². The molecule has 0 spiro atoms. The first-order chi connectivity index (χ1) is 6.16. The summed E-state index contributed by atoms with van der Waals surface area (Å²) in [4.78, 5) is 0.505. The van der Waals surface area contributed by atoms with E-state index >= 15 is 0 Å². The molecule has 0 heterocycles. The number of aliphatic hydroxyl groups excluding tert-OH is 1. The van der Waals surface area contributed by atoms with Gasteiger partial charge >= 0.3 is 0 Å². The van der Waals surface area contributed by atoms with Gasteiger partial charge in [0.05, 0.1) is 0 Å². The van der Waals surface area contributed by atoms with Crippen LogP contribution in [0, 0.1) is 0 Å². The van der Waals surface area contributed by atoms with E-state index in [4.69, 9.17) is 10.8 Å². The summed E-state index contributed by atoms with van der Waals surface area (Å²) in [6.07, 6.45) is 0.435. The molecule has 0 aromatic heterocycles. The van der Waals surface area contributed by atoms with Crippen molar-refractivity contribution in [1.29, 1.82) is 0 Å². The van der Waals surface area contributed by atoms with Crippen LogP contribution in [0.1, 0.15) is 18.0 Å². The molecule has 1 unspecified atom stereocenters. The summed E-state index contributed by atoms with van der Waals surface area (Å²) in [7, 11) is 0. The van der Waals surface area contributed by atoms with Gasteiger partial charge in [-0.25, -0.2) is 0 Å². The summed E-state index contributed by atoms with van der Waals surface area (Å²) in [5.74, 6) is 0.104. The van der Waals surface area contributed by atoms with E-state index in [9.17, 15) is 5.11 Å². The van der Waals surface area contributed by atoms with Gasteiger partial charge in [-0.15, -0.1) is 12.6 Å². The number of rotatable bonds is 3. The molecule has 0 amide bonds. The van der Waals surface area contributed by atoms with Crippen LogP contribution in [0.5, 0.6) is 5.75 Å². The number of thiol groups is 1. The third-order valence-electron chi connectivity index (χ3n) is 1.89. The fourth-order valence-electron chi connectivity index (χ4n) is 1.14. The van der Waals surface area contributed by atoms with E-state index in [0.29, 0.717) is 16.9 Å². The number of hydrogen-bond donors (Lipinski definition) is 4. The molecule has 0 fully saturated rings. The van der Waals surface area contributed by atoms with Gasteiger partial charge in [0.1, 0.15) is 5.75 Å². The van der Waals surface area contributed by atoms with E-state index < -0.39 is 0 Å². The van der Waals surface area contributed by atoms with Crippen molar-refractivity contribution in [2.45, 2.75) is 17.4 Å². The van der Waals surface area contributed by atoms with Gasteiger partial charge in [-0.2, -0.15) is 0 Å². The third kappa shape index (κ3) is 2.37. The fourth-order valence-corrected chi connectivity index (χ4v) is 1.36. The maximum absolute atomic E-state index is 9.56.